The summed E-state index contributed by atoms with van der Waals surface area (Å²) in [5.41, 5.74) is 7.25. The van der Waals surface area contributed by atoms with Gasteiger partial charge in [-0.05, 0) is 125 Å². The minimum atomic E-state index is -0.833. The van der Waals surface area contributed by atoms with Gasteiger partial charge in [0.05, 0.1) is 53.8 Å². The summed E-state index contributed by atoms with van der Waals surface area (Å²) in [6.07, 6.45) is 17.8. The van der Waals surface area contributed by atoms with Gasteiger partial charge in [0.25, 0.3) is 41.0 Å². The number of benzene rings is 6. The number of likely N-dealkylation sites (tertiary alicyclic amines) is 3. The van der Waals surface area contributed by atoms with Gasteiger partial charge in [-0.15, -0.1) is 0 Å². The fourth-order valence-electron chi connectivity index (χ4n) is 14.1. The van der Waals surface area contributed by atoms with Crippen LogP contribution in [0.5, 0.6) is 34.5 Å². The number of carboxylic acid groups (broad SMARTS) is 1. The topological polar surface area (TPSA) is 319 Å². The van der Waals surface area contributed by atoms with E-state index in [2.05, 4.69) is 56.5 Å². The number of amides is 3. The molecule has 3 saturated heterocycles. The number of aliphatic hydroxyl groups excluding tert-OH is 3. The van der Waals surface area contributed by atoms with Crippen molar-refractivity contribution < 1.29 is 82.4 Å². The highest BCUT2D eigenvalue weighted by molar-refractivity contribution is 6.48. The number of carbonyl (C=O) groups excluding carboxylic acids is 6. The normalized spacial score (nSPS) is 18.3. The van der Waals surface area contributed by atoms with E-state index in [1.54, 1.807) is 107 Å². The number of Topliss-reactive ketones (excluding diaryl/α,β-unsaturated/α-hetero) is 3. The molecule has 26 nitrogen and oxygen atoms in total. The van der Waals surface area contributed by atoms with Gasteiger partial charge in [-0.3, -0.25) is 33.6 Å². The van der Waals surface area contributed by atoms with Gasteiger partial charge in [0.1, 0.15) is 56.9 Å². The average Bonchev–Trinajstić information content (AvgIpc) is 1.61. The van der Waals surface area contributed by atoms with Gasteiger partial charge in [-0.1, -0.05) is 114 Å². The predicted octanol–water partition coefficient (Wildman–Crippen LogP) is 13.0. The van der Waals surface area contributed by atoms with Crippen molar-refractivity contribution in [2.45, 2.75) is 123 Å². The summed E-state index contributed by atoms with van der Waals surface area (Å²) in [7, 11) is 0. The summed E-state index contributed by atoms with van der Waals surface area (Å²) in [4.78, 5) is 105. The molecule has 112 heavy (non-hydrogen) atoms. The second-order valence-electron chi connectivity index (χ2n) is 28.5. The van der Waals surface area contributed by atoms with Crippen LogP contribution in [0.15, 0.2) is 200 Å². The van der Waals surface area contributed by atoms with Crippen LogP contribution in [-0.2, 0) is 53.2 Å². The van der Waals surface area contributed by atoms with Crippen LogP contribution in [0.25, 0.3) is 17.3 Å². The van der Waals surface area contributed by atoms with Crippen molar-refractivity contribution in [2.24, 2.45) is 0 Å². The number of ketones is 3. The maximum Gasteiger partial charge on any atom is 0.300 e. The molecular weight excluding hydrogens is 1430 g/mol. The standard InChI is InChI=1S/3C28H29N3O5.C2H4O2/c3*1-18(2)19-4-6-20(7-5-19)25-24(26(32)21-8-9-22-23(16-21)36-15-14-35-22)27(33)28(34)31(25)12-3-11-30-13-10-29-17-30;1-2(3)4/h3*4-10,13,16-18,25,32H,3,11-12,14-15H2,1-2H3;1H3,(H,3,4)/b3*26-24+;. The van der Waals surface area contributed by atoms with Crippen LogP contribution in [0.1, 0.15) is 154 Å². The maximum atomic E-state index is 13.3. The minimum absolute atomic E-state index is 0.0802. The third-order valence-corrected chi connectivity index (χ3v) is 19.9. The molecule has 6 aliphatic rings. The highest BCUT2D eigenvalue weighted by atomic mass is 16.6. The van der Waals surface area contributed by atoms with E-state index in [9.17, 15) is 44.1 Å². The van der Waals surface area contributed by atoms with Gasteiger partial charge in [0, 0.05) is 100 Å². The molecule has 0 aliphatic carbocycles. The highest BCUT2D eigenvalue weighted by Gasteiger charge is 2.49. The number of carboxylic acids is 1. The summed E-state index contributed by atoms with van der Waals surface area (Å²) in [6, 6.07) is 36.7. The number of imidazole rings is 3. The largest absolute Gasteiger partial charge is 0.507 e. The number of nitrogens with zero attached hydrogens (tertiary/aromatic N) is 9. The Bertz CT molecular complexity index is 4480. The quantitative estimate of drug-likeness (QED) is 0.0295. The van der Waals surface area contributed by atoms with E-state index in [1.165, 1.54) is 0 Å². The molecule has 6 aromatic carbocycles. The first kappa shape index (κ1) is 78.8. The van der Waals surface area contributed by atoms with E-state index in [0.717, 1.165) is 40.3 Å². The third kappa shape index (κ3) is 17.9. The van der Waals surface area contributed by atoms with Crippen LogP contribution in [0.2, 0.25) is 0 Å². The molecule has 582 valence electrons. The van der Waals surface area contributed by atoms with Crippen LogP contribution >= 0.6 is 0 Å². The Hall–Kier alpha value is -12.7. The first-order valence-corrected chi connectivity index (χ1v) is 37.5. The number of ether oxygens (including phenoxy) is 6. The molecule has 26 heteroatoms. The van der Waals surface area contributed by atoms with Gasteiger partial charge < -0.3 is 77.2 Å². The second-order valence-corrected chi connectivity index (χ2v) is 28.5. The number of carbonyl (C=O) groups is 7. The number of aryl methyl sites for hydroxylation is 3. The molecule has 3 atom stereocenters. The van der Waals surface area contributed by atoms with Crippen molar-refractivity contribution >= 4 is 58.3 Å². The van der Waals surface area contributed by atoms with Crippen molar-refractivity contribution in [1.82, 2.24) is 43.4 Å². The number of aliphatic hydroxyl groups is 3. The van der Waals surface area contributed by atoms with Crippen LogP contribution in [-0.4, -0.2) is 164 Å². The molecule has 6 aliphatic heterocycles. The van der Waals surface area contributed by atoms with E-state index >= 15 is 0 Å². The lowest BCUT2D eigenvalue weighted by Crippen LogP contribution is -2.31. The number of rotatable bonds is 21. The molecule has 4 N–H and O–H groups in total. The Morgan fingerprint density at radius 1 is 0.366 bits per heavy atom. The Balaban J connectivity index is 0.000000152. The average molecular weight is 1520 g/mol. The van der Waals surface area contributed by atoms with Crippen LogP contribution in [0, 0.1) is 0 Å². The second kappa shape index (κ2) is 35.7. The highest BCUT2D eigenvalue weighted by Crippen LogP contribution is 2.46. The summed E-state index contributed by atoms with van der Waals surface area (Å²) < 4.78 is 39.5. The monoisotopic (exact) mass is 1520 g/mol. The molecule has 3 aromatic heterocycles. The molecule has 9 aromatic rings. The number of aromatic nitrogens is 6. The maximum absolute atomic E-state index is 13.3. The van der Waals surface area contributed by atoms with Crippen molar-refractivity contribution in [3.05, 3.63) is 250 Å². The Labute approximate surface area is 648 Å². The fourth-order valence-corrected chi connectivity index (χ4v) is 14.1. The number of fused-ring (bicyclic) bond motifs is 3. The molecule has 9 heterocycles. The molecule has 3 amide bonds. The third-order valence-electron chi connectivity index (χ3n) is 19.9. The minimum Gasteiger partial charge on any atom is -0.507 e. The molecule has 3 fully saturated rings. The summed E-state index contributed by atoms with van der Waals surface area (Å²) >= 11 is 0. The molecule has 0 saturated carbocycles. The lowest BCUT2D eigenvalue weighted by atomic mass is 9.93. The SMILES string of the molecule is CC(=O)O.CC(C)c1ccc(C2/C(=C(\O)c3ccc4c(c3)OCCO4)C(=O)C(=O)N2CCCn2ccnc2)cc1.CC(C)c1ccc(C2/C(=C(\O)c3ccc4c(c3)OCCO4)C(=O)C(=O)N2CCCn2ccnc2)cc1.CC(C)c1ccc(C2/C(=C(\O)c3ccc4c(c3)OCCO4)C(=O)C(=O)N2CCCn2ccnc2)cc1. The zero-order valence-corrected chi connectivity index (χ0v) is 63.5. The van der Waals surface area contributed by atoms with E-state index in [4.69, 9.17) is 38.3 Å². The van der Waals surface area contributed by atoms with Crippen molar-refractivity contribution in [3.8, 4) is 34.5 Å². The fraction of sp³-hybridized carbons (Fsp3) is 0.326. The first-order valence-electron chi connectivity index (χ1n) is 37.5. The Kier molecular flexibility index (Phi) is 25.2. The Morgan fingerprint density at radius 3 is 0.830 bits per heavy atom. The van der Waals surface area contributed by atoms with Crippen LogP contribution in [0.4, 0.5) is 0 Å². The number of hydrogen-bond donors (Lipinski definition) is 4. The number of aliphatic carboxylic acids is 1. The first-order chi connectivity index (χ1) is 54.0. The summed E-state index contributed by atoms with van der Waals surface area (Å²) in [5.74, 6) is -1.14. The van der Waals surface area contributed by atoms with Gasteiger partial charge in [0.2, 0.25) is 0 Å². The molecule has 0 bridgehead atoms. The summed E-state index contributed by atoms with van der Waals surface area (Å²) in [5, 5.41) is 41.5. The molecule has 0 spiro atoms. The van der Waals surface area contributed by atoms with E-state index in [-0.39, 0.29) is 34.0 Å². The van der Waals surface area contributed by atoms with Crippen molar-refractivity contribution in [2.75, 3.05) is 59.3 Å². The van der Waals surface area contributed by atoms with Crippen LogP contribution < -0.4 is 28.4 Å². The van der Waals surface area contributed by atoms with Crippen molar-refractivity contribution in [3.63, 3.8) is 0 Å². The summed E-state index contributed by atoms with van der Waals surface area (Å²) in [6.45, 7) is 19.4. The molecular formula is C86H91N9O17. The lowest BCUT2D eigenvalue weighted by molar-refractivity contribution is -0.140. The Morgan fingerprint density at radius 2 is 0.607 bits per heavy atom. The van der Waals surface area contributed by atoms with Gasteiger partial charge in [-0.2, -0.15) is 0 Å². The van der Waals surface area contributed by atoms with E-state index < -0.39 is 59.2 Å². The van der Waals surface area contributed by atoms with Crippen molar-refractivity contribution in [1.29, 1.82) is 0 Å². The van der Waals surface area contributed by atoms with Crippen LogP contribution in [0.3, 0.4) is 0 Å². The smallest absolute Gasteiger partial charge is 0.300 e. The lowest BCUT2D eigenvalue weighted by Gasteiger charge is -2.26. The zero-order chi connectivity index (χ0) is 79.3. The van der Waals surface area contributed by atoms with Gasteiger partial charge in [-0.25, -0.2) is 15.0 Å². The van der Waals surface area contributed by atoms with Gasteiger partial charge >= 0.3 is 0 Å². The van der Waals surface area contributed by atoms with Gasteiger partial charge in [0.15, 0.2) is 34.5 Å². The van der Waals surface area contributed by atoms with E-state index in [0.29, 0.717) is 167 Å². The molecule has 0 radical (unpaired) electrons. The molecule has 15 rings (SSSR count). The molecule has 3 unspecified atom stereocenters. The predicted molar refractivity (Wildman–Crippen MR) is 415 cm³/mol. The zero-order valence-electron chi connectivity index (χ0n) is 63.5. The number of hydrogen-bond acceptors (Lipinski definition) is 19. The van der Waals surface area contributed by atoms with E-state index in [1.807, 2.05) is 105 Å².